The van der Waals surface area contributed by atoms with Crippen LogP contribution in [0.1, 0.15) is 12.5 Å². The van der Waals surface area contributed by atoms with Crippen LogP contribution in [-0.4, -0.2) is 40.6 Å². The molecule has 0 aliphatic carbocycles. The standard InChI is InChI=1S/C14H17N3O3/c1-2-16-13(18)10-11(14(16)19)20-17(12(10)15)8-9-6-4-3-5-7-9/h3-7,10-12H,2,8,15H2,1H3/t10?,11?,12-/m0/s1. The molecule has 0 bridgehead atoms. The van der Waals surface area contributed by atoms with E-state index in [0.717, 1.165) is 5.56 Å². The molecule has 0 spiro atoms. The third-order valence-corrected chi connectivity index (χ3v) is 3.83. The summed E-state index contributed by atoms with van der Waals surface area (Å²) in [4.78, 5) is 31.1. The van der Waals surface area contributed by atoms with Crippen molar-refractivity contribution in [3.05, 3.63) is 35.9 Å². The Hall–Kier alpha value is -1.76. The second kappa shape index (κ2) is 4.97. The Kier molecular flexibility index (Phi) is 3.29. The molecule has 2 fully saturated rings. The van der Waals surface area contributed by atoms with E-state index in [4.69, 9.17) is 10.6 Å². The minimum Gasteiger partial charge on any atom is -0.313 e. The highest BCUT2D eigenvalue weighted by Crippen LogP contribution is 2.34. The first kappa shape index (κ1) is 13.2. The van der Waals surface area contributed by atoms with Crippen LogP contribution in [0.2, 0.25) is 0 Å². The van der Waals surface area contributed by atoms with Crippen LogP contribution in [-0.2, 0) is 21.0 Å². The van der Waals surface area contributed by atoms with Gasteiger partial charge in [-0.15, -0.1) is 0 Å². The van der Waals surface area contributed by atoms with Crippen molar-refractivity contribution in [2.75, 3.05) is 6.54 Å². The molecule has 0 saturated carbocycles. The predicted molar refractivity (Wildman–Crippen MR) is 70.7 cm³/mol. The first-order valence-electron chi connectivity index (χ1n) is 6.71. The lowest BCUT2D eigenvalue weighted by molar-refractivity contribution is -0.182. The van der Waals surface area contributed by atoms with E-state index in [0.29, 0.717) is 13.1 Å². The molecule has 3 atom stereocenters. The topological polar surface area (TPSA) is 75.9 Å². The van der Waals surface area contributed by atoms with Crippen molar-refractivity contribution in [1.82, 2.24) is 9.96 Å². The average Bonchev–Trinajstić information content (AvgIpc) is 2.89. The normalized spacial score (nSPS) is 30.1. The summed E-state index contributed by atoms with van der Waals surface area (Å²) in [5.41, 5.74) is 7.11. The number of hydrogen-bond donors (Lipinski definition) is 1. The number of nitrogens with two attached hydrogens (primary N) is 1. The van der Waals surface area contributed by atoms with E-state index in [-0.39, 0.29) is 11.8 Å². The number of carbonyl (C=O) groups excluding carboxylic acids is 2. The van der Waals surface area contributed by atoms with Crippen LogP contribution in [0.5, 0.6) is 0 Å². The van der Waals surface area contributed by atoms with E-state index in [2.05, 4.69) is 0 Å². The van der Waals surface area contributed by atoms with Gasteiger partial charge in [-0.25, -0.2) is 0 Å². The number of rotatable bonds is 3. The zero-order valence-electron chi connectivity index (χ0n) is 11.2. The van der Waals surface area contributed by atoms with Crippen LogP contribution in [0, 0.1) is 5.92 Å². The summed E-state index contributed by atoms with van der Waals surface area (Å²) in [6.07, 6.45) is -1.35. The van der Waals surface area contributed by atoms with Gasteiger partial charge in [0.25, 0.3) is 5.91 Å². The van der Waals surface area contributed by atoms with Crippen LogP contribution < -0.4 is 5.73 Å². The van der Waals surface area contributed by atoms with Gasteiger partial charge in [0.2, 0.25) is 5.91 Å². The lowest BCUT2D eigenvalue weighted by atomic mass is 10.0. The number of carbonyl (C=O) groups is 2. The van der Waals surface area contributed by atoms with Gasteiger partial charge in [0.05, 0.1) is 12.7 Å². The number of imide groups is 1. The fraction of sp³-hybridized carbons (Fsp3) is 0.429. The molecule has 0 aromatic heterocycles. The molecule has 6 heteroatoms. The molecular weight excluding hydrogens is 258 g/mol. The molecule has 2 heterocycles. The molecule has 1 aromatic rings. The molecule has 106 valence electrons. The molecule has 2 saturated heterocycles. The molecule has 2 N–H and O–H groups in total. The van der Waals surface area contributed by atoms with Crippen molar-refractivity contribution in [1.29, 1.82) is 0 Å². The van der Waals surface area contributed by atoms with Gasteiger partial charge in [-0.1, -0.05) is 30.3 Å². The maximum Gasteiger partial charge on any atom is 0.261 e. The second-order valence-corrected chi connectivity index (χ2v) is 5.02. The summed E-state index contributed by atoms with van der Waals surface area (Å²) in [5, 5.41) is 1.54. The fourth-order valence-corrected chi connectivity index (χ4v) is 2.77. The van der Waals surface area contributed by atoms with E-state index < -0.39 is 18.2 Å². The number of hydrogen-bond acceptors (Lipinski definition) is 5. The molecule has 3 rings (SSSR count). The van der Waals surface area contributed by atoms with Gasteiger partial charge in [0.1, 0.15) is 5.92 Å². The molecule has 0 radical (unpaired) electrons. The van der Waals surface area contributed by atoms with Gasteiger partial charge < -0.3 is 5.73 Å². The first-order valence-corrected chi connectivity index (χ1v) is 6.71. The molecular formula is C14H17N3O3. The Labute approximate surface area is 117 Å². The maximum absolute atomic E-state index is 12.2. The minimum atomic E-state index is -0.763. The molecule has 2 aliphatic rings. The number of hydroxylamine groups is 2. The summed E-state index contributed by atoms with van der Waals surface area (Å²) >= 11 is 0. The van der Waals surface area contributed by atoms with Crippen LogP contribution >= 0.6 is 0 Å². The third-order valence-electron chi connectivity index (χ3n) is 3.83. The SMILES string of the molecule is CCN1C(=O)C2ON(Cc3ccccc3)[C@H](N)C2C1=O. The van der Waals surface area contributed by atoms with E-state index in [1.807, 2.05) is 30.3 Å². The summed E-state index contributed by atoms with van der Waals surface area (Å²) in [7, 11) is 0. The van der Waals surface area contributed by atoms with E-state index >= 15 is 0 Å². The second-order valence-electron chi connectivity index (χ2n) is 5.02. The Morgan fingerprint density at radius 2 is 1.90 bits per heavy atom. The largest absolute Gasteiger partial charge is 0.313 e. The summed E-state index contributed by atoms with van der Waals surface area (Å²) < 4.78 is 0. The number of likely N-dealkylation sites (N-methyl/N-ethyl adjacent to an activating group) is 1. The Morgan fingerprint density at radius 3 is 2.50 bits per heavy atom. The zero-order valence-corrected chi connectivity index (χ0v) is 11.2. The van der Waals surface area contributed by atoms with E-state index in [9.17, 15) is 9.59 Å². The predicted octanol–water partition coefficient (Wildman–Crippen LogP) is 0.0921. The summed E-state index contributed by atoms with van der Waals surface area (Å²) in [5.74, 6) is -1.11. The summed E-state index contributed by atoms with van der Waals surface area (Å²) in [6.45, 7) is 2.59. The molecule has 6 nitrogen and oxygen atoms in total. The molecule has 2 unspecified atom stereocenters. The fourth-order valence-electron chi connectivity index (χ4n) is 2.77. The Balaban J connectivity index is 1.77. The van der Waals surface area contributed by atoms with Crippen molar-refractivity contribution < 1.29 is 14.4 Å². The van der Waals surface area contributed by atoms with Crippen molar-refractivity contribution in [2.24, 2.45) is 11.7 Å². The highest BCUT2D eigenvalue weighted by molar-refractivity contribution is 6.07. The van der Waals surface area contributed by atoms with Gasteiger partial charge in [-0.3, -0.25) is 19.3 Å². The van der Waals surface area contributed by atoms with E-state index in [1.54, 1.807) is 6.92 Å². The van der Waals surface area contributed by atoms with Gasteiger partial charge in [0.15, 0.2) is 6.10 Å². The lowest BCUT2D eigenvalue weighted by Gasteiger charge is -2.23. The first-order chi connectivity index (χ1) is 9.63. The number of fused-ring (bicyclic) bond motifs is 1. The van der Waals surface area contributed by atoms with Crippen molar-refractivity contribution in [3.8, 4) is 0 Å². The Bertz CT molecular complexity index is 534. The molecule has 1 aromatic carbocycles. The monoisotopic (exact) mass is 275 g/mol. The average molecular weight is 275 g/mol. The number of amides is 2. The summed E-state index contributed by atoms with van der Waals surface area (Å²) in [6, 6.07) is 9.67. The molecule has 20 heavy (non-hydrogen) atoms. The van der Waals surface area contributed by atoms with Gasteiger partial charge in [0, 0.05) is 6.54 Å². The molecule has 2 amide bonds. The number of nitrogens with zero attached hydrogens (tertiary/aromatic N) is 2. The van der Waals surface area contributed by atoms with Crippen molar-refractivity contribution in [3.63, 3.8) is 0 Å². The van der Waals surface area contributed by atoms with Crippen molar-refractivity contribution in [2.45, 2.75) is 25.7 Å². The quantitative estimate of drug-likeness (QED) is 0.791. The lowest BCUT2D eigenvalue weighted by Crippen LogP contribution is -2.44. The van der Waals surface area contributed by atoms with Crippen LogP contribution in [0.4, 0.5) is 0 Å². The number of benzene rings is 1. The Morgan fingerprint density at radius 1 is 1.20 bits per heavy atom. The van der Waals surface area contributed by atoms with Crippen LogP contribution in [0.3, 0.4) is 0 Å². The molecule has 2 aliphatic heterocycles. The highest BCUT2D eigenvalue weighted by atomic mass is 16.7. The van der Waals surface area contributed by atoms with Gasteiger partial charge >= 0.3 is 0 Å². The maximum atomic E-state index is 12.2. The smallest absolute Gasteiger partial charge is 0.261 e. The zero-order chi connectivity index (χ0) is 14.3. The minimum absolute atomic E-state index is 0.231. The van der Waals surface area contributed by atoms with E-state index in [1.165, 1.54) is 9.96 Å². The van der Waals surface area contributed by atoms with Crippen molar-refractivity contribution >= 4 is 11.8 Å². The van der Waals surface area contributed by atoms with Gasteiger partial charge in [-0.2, -0.15) is 5.06 Å². The third kappa shape index (κ3) is 1.93. The van der Waals surface area contributed by atoms with Crippen LogP contribution in [0.25, 0.3) is 0 Å². The highest BCUT2D eigenvalue weighted by Gasteiger charge is 2.57. The van der Waals surface area contributed by atoms with Crippen LogP contribution in [0.15, 0.2) is 30.3 Å². The number of likely N-dealkylation sites (tertiary alicyclic amines) is 1. The van der Waals surface area contributed by atoms with Gasteiger partial charge in [-0.05, 0) is 12.5 Å².